The molecule has 1 aromatic rings. The number of hydrogen-bond acceptors (Lipinski definition) is 3. The van der Waals surface area contributed by atoms with E-state index in [1.54, 1.807) is 0 Å². The minimum absolute atomic E-state index is 0.358. The molecule has 0 radical (unpaired) electrons. The van der Waals surface area contributed by atoms with Gasteiger partial charge in [0.1, 0.15) is 5.75 Å². The highest BCUT2D eigenvalue weighted by Gasteiger charge is 2.32. The number of phenolic OH excluding ortho intramolecular Hbond substituents is 1. The number of hydrogen-bond donors (Lipinski definition) is 3. The van der Waals surface area contributed by atoms with Gasteiger partial charge in [-0.25, -0.2) is 0 Å². The maximum absolute atomic E-state index is 12.8. The summed E-state index contributed by atoms with van der Waals surface area (Å²) in [6, 6.07) is 3.15. The summed E-state index contributed by atoms with van der Waals surface area (Å²) < 4.78 is 38.5. The zero-order chi connectivity index (χ0) is 21.3. The van der Waals surface area contributed by atoms with E-state index in [2.05, 4.69) is 5.32 Å². The molecular weight excluding hydrogens is 365 g/mol. The molecule has 4 N–H and O–H groups in total. The van der Waals surface area contributed by atoms with Gasteiger partial charge in [0.15, 0.2) is 0 Å². The van der Waals surface area contributed by atoms with E-state index in [1.807, 2.05) is 27.7 Å². The number of benzene rings is 1. The molecule has 28 heavy (non-hydrogen) atoms. The average Bonchev–Trinajstić information content (AvgIpc) is 3.01. The molecule has 1 aliphatic heterocycles. The summed E-state index contributed by atoms with van der Waals surface area (Å²) in [5.41, 5.74) is 9.49. The standard InChI is InChI=1S/C18H21F3N2O.2C2H6/c19-18(20,21)11-6-7-14(16(24)10-11)17-13-5-3-1-2-4-12(13)15(22)8-9-23-17;2*1-2/h6-7,10,23-24H,1-5,8-9,22H2;2*1-2H3. The number of phenols is 1. The molecule has 0 aromatic heterocycles. The molecule has 1 fully saturated rings. The zero-order valence-corrected chi connectivity index (χ0v) is 17.3. The SMILES string of the molecule is CC.CC.NC1=C2CCCCCC2=C(c2ccc(C(F)(F)F)cc2O)NCC1. The number of nitrogens with one attached hydrogen (secondary N) is 1. The fourth-order valence-corrected chi connectivity index (χ4v) is 3.47. The highest BCUT2D eigenvalue weighted by molar-refractivity contribution is 5.76. The number of allylic oxidation sites excluding steroid dienone is 2. The smallest absolute Gasteiger partial charge is 0.416 e. The summed E-state index contributed by atoms with van der Waals surface area (Å²) in [7, 11) is 0. The van der Waals surface area contributed by atoms with Crippen LogP contribution in [0.1, 0.15) is 77.3 Å². The third kappa shape index (κ3) is 5.69. The van der Waals surface area contributed by atoms with E-state index in [-0.39, 0.29) is 5.75 Å². The van der Waals surface area contributed by atoms with Crippen LogP contribution >= 0.6 is 0 Å². The predicted octanol–water partition coefficient (Wildman–Crippen LogP) is 6.34. The van der Waals surface area contributed by atoms with Crippen molar-refractivity contribution in [3.05, 3.63) is 46.2 Å². The van der Waals surface area contributed by atoms with Gasteiger partial charge in [-0.05, 0) is 55.0 Å². The number of alkyl halides is 3. The monoisotopic (exact) mass is 398 g/mol. The fraction of sp³-hybridized carbons (Fsp3) is 0.545. The van der Waals surface area contributed by atoms with Crippen molar-refractivity contribution in [3.63, 3.8) is 0 Å². The van der Waals surface area contributed by atoms with E-state index in [0.29, 0.717) is 18.5 Å². The van der Waals surface area contributed by atoms with Gasteiger partial charge in [0.2, 0.25) is 0 Å². The lowest BCUT2D eigenvalue weighted by Gasteiger charge is -2.18. The van der Waals surface area contributed by atoms with Crippen molar-refractivity contribution in [2.45, 2.75) is 72.4 Å². The highest BCUT2D eigenvalue weighted by atomic mass is 19.4. The average molecular weight is 399 g/mol. The molecule has 0 saturated heterocycles. The minimum Gasteiger partial charge on any atom is -0.507 e. The number of halogens is 3. The second-order valence-corrected chi connectivity index (χ2v) is 6.32. The van der Waals surface area contributed by atoms with E-state index < -0.39 is 11.7 Å². The fourth-order valence-electron chi connectivity index (χ4n) is 3.47. The minimum atomic E-state index is -4.47. The Labute approximate surface area is 166 Å². The van der Waals surface area contributed by atoms with Crippen molar-refractivity contribution < 1.29 is 18.3 Å². The van der Waals surface area contributed by atoms with Crippen LogP contribution in [0.4, 0.5) is 13.2 Å². The third-order valence-corrected chi connectivity index (χ3v) is 4.70. The Bertz CT molecular complexity index is 706. The van der Waals surface area contributed by atoms with E-state index >= 15 is 0 Å². The number of aromatic hydroxyl groups is 1. The molecule has 1 aromatic carbocycles. The van der Waals surface area contributed by atoms with Gasteiger partial charge in [0, 0.05) is 29.9 Å². The van der Waals surface area contributed by atoms with Gasteiger partial charge in [-0.1, -0.05) is 34.1 Å². The lowest BCUT2D eigenvalue weighted by atomic mass is 9.94. The van der Waals surface area contributed by atoms with Gasteiger partial charge < -0.3 is 16.2 Å². The van der Waals surface area contributed by atoms with Crippen molar-refractivity contribution in [2.24, 2.45) is 5.73 Å². The quantitative estimate of drug-likeness (QED) is 0.517. The summed E-state index contributed by atoms with van der Waals surface area (Å²) in [5, 5.41) is 13.5. The molecule has 0 bridgehead atoms. The largest absolute Gasteiger partial charge is 0.507 e. The Balaban J connectivity index is 0.000000921. The Morgan fingerprint density at radius 2 is 1.54 bits per heavy atom. The Morgan fingerprint density at radius 1 is 0.929 bits per heavy atom. The highest BCUT2D eigenvalue weighted by Crippen LogP contribution is 2.39. The maximum atomic E-state index is 12.8. The van der Waals surface area contributed by atoms with E-state index in [1.165, 1.54) is 6.07 Å². The molecule has 3 rings (SSSR count). The molecular formula is C22H33F3N2O. The van der Waals surface area contributed by atoms with Crippen LogP contribution in [0.25, 0.3) is 5.70 Å². The molecule has 1 saturated carbocycles. The first-order valence-corrected chi connectivity index (χ1v) is 10.2. The summed E-state index contributed by atoms with van der Waals surface area (Å²) in [5.74, 6) is -0.358. The van der Waals surface area contributed by atoms with Crippen molar-refractivity contribution >= 4 is 5.70 Å². The predicted molar refractivity (Wildman–Crippen MR) is 110 cm³/mol. The first-order valence-electron chi connectivity index (χ1n) is 10.2. The van der Waals surface area contributed by atoms with Crippen molar-refractivity contribution in [2.75, 3.05) is 6.54 Å². The van der Waals surface area contributed by atoms with Gasteiger partial charge in [-0.3, -0.25) is 0 Å². The summed E-state index contributed by atoms with van der Waals surface area (Å²) in [4.78, 5) is 0. The first-order chi connectivity index (χ1) is 13.4. The van der Waals surface area contributed by atoms with Crippen LogP contribution in [-0.2, 0) is 6.18 Å². The van der Waals surface area contributed by atoms with Crippen LogP contribution < -0.4 is 11.1 Å². The van der Waals surface area contributed by atoms with E-state index in [0.717, 1.165) is 66.8 Å². The van der Waals surface area contributed by atoms with Crippen molar-refractivity contribution in [1.29, 1.82) is 0 Å². The maximum Gasteiger partial charge on any atom is 0.416 e. The number of nitrogens with two attached hydrogens (primary N) is 1. The molecule has 1 aliphatic carbocycles. The Hall–Kier alpha value is -2.11. The normalized spacial score (nSPS) is 17.1. The summed E-state index contributed by atoms with van der Waals surface area (Å²) >= 11 is 0. The molecule has 1 heterocycles. The second kappa shape index (κ2) is 11.0. The van der Waals surface area contributed by atoms with Crippen molar-refractivity contribution in [3.8, 4) is 5.75 Å². The van der Waals surface area contributed by atoms with Crippen molar-refractivity contribution in [1.82, 2.24) is 5.32 Å². The van der Waals surface area contributed by atoms with E-state index in [4.69, 9.17) is 5.73 Å². The lowest BCUT2D eigenvalue weighted by molar-refractivity contribution is -0.137. The molecule has 158 valence electrons. The number of rotatable bonds is 1. The first kappa shape index (κ1) is 23.9. The zero-order valence-electron chi connectivity index (χ0n) is 17.3. The lowest BCUT2D eigenvalue weighted by Crippen LogP contribution is -2.15. The molecule has 3 nitrogen and oxygen atoms in total. The van der Waals surface area contributed by atoms with Gasteiger partial charge in [0.25, 0.3) is 0 Å². The Morgan fingerprint density at radius 3 is 2.11 bits per heavy atom. The third-order valence-electron chi connectivity index (χ3n) is 4.70. The van der Waals surface area contributed by atoms with Gasteiger partial charge >= 0.3 is 6.18 Å². The van der Waals surface area contributed by atoms with Gasteiger partial charge in [0.05, 0.1) is 5.56 Å². The van der Waals surface area contributed by atoms with Crippen LogP contribution in [0.5, 0.6) is 5.75 Å². The summed E-state index contributed by atoms with van der Waals surface area (Å²) in [6.07, 6.45) is 1.11. The van der Waals surface area contributed by atoms with Crippen LogP contribution in [-0.4, -0.2) is 11.7 Å². The van der Waals surface area contributed by atoms with E-state index in [9.17, 15) is 18.3 Å². The van der Waals surface area contributed by atoms with Gasteiger partial charge in [-0.15, -0.1) is 0 Å². The Kier molecular flexibility index (Phi) is 9.42. The van der Waals surface area contributed by atoms with Crippen LogP contribution in [0.3, 0.4) is 0 Å². The topological polar surface area (TPSA) is 58.3 Å². The second-order valence-electron chi connectivity index (χ2n) is 6.32. The van der Waals surface area contributed by atoms with Crippen LogP contribution in [0, 0.1) is 0 Å². The molecule has 0 amide bonds. The number of fused-ring (bicyclic) bond motifs is 1. The molecule has 6 heteroatoms. The molecule has 0 unspecified atom stereocenters. The van der Waals surface area contributed by atoms with Gasteiger partial charge in [-0.2, -0.15) is 13.2 Å². The van der Waals surface area contributed by atoms with Crippen LogP contribution in [0.15, 0.2) is 35.0 Å². The molecule has 2 aliphatic rings. The summed E-state index contributed by atoms with van der Waals surface area (Å²) in [6.45, 7) is 8.61. The van der Waals surface area contributed by atoms with Crippen LogP contribution in [0.2, 0.25) is 0 Å². The molecule has 0 spiro atoms. The molecule has 0 atom stereocenters.